The predicted molar refractivity (Wildman–Crippen MR) is 84.5 cm³/mol. The number of nitrogens with one attached hydrogen (secondary N) is 2. The molecule has 2 amide bonds. The second kappa shape index (κ2) is 12.3. The number of hydrogen-bond acceptors (Lipinski definition) is 8. The lowest BCUT2D eigenvalue weighted by atomic mass is 10.3. The van der Waals surface area contributed by atoms with Gasteiger partial charge in [0.1, 0.15) is 0 Å². The molecule has 0 saturated heterocycles. The van der Waals surface area contributed by atoms with E-state index >= 15 is 0 Å². The molecule has 0 bridgehead atoms. The van der Waals surface area contributed by atoms with Crippen LogP contribution in [0.25, 0.3) is 0 Å². The second-order valence-electron chi connectivity index (χ2n) is 4.96. The Morgan fingerprint density at radius 1 is 0.792 bits per heavy atom. The van der Waals surface area contributed by atoms with Gasteiger partial charge in [-0.3, -0.25) is 9.59 Å². The first kappa shape index (κ1) is 21.8. The fourth-order valence-electron chi connectivity index (χ4n) is 1.44. The third-order valence-electron chi connectivity index (χ3n) is 2.83. The van der Waals surface area contributed by atoms with Crippen LogP contribution in [-0.2, 0) is 28.7 Å². The Morgan fingerprint density at radius 3 is 1.42 bits per heavy atom. The maximum absolute atomic E-state index is 11.6. The number of carbonyl (C=O) groups excluding carboxylic acids is 4. The van der Waals surface area contributed by atoms with E-state index in [0.29, 0.717) is 39.0 Å². The fraction of sp³-hybridized carbons (Fsp3) is 0.714. The van der Waals surface area contributed by atoms with Crippen LogP contribution in [0, 0.1) is 0 Å². The third-order valence-corrected chi connectivity index (χ3v) is 2.83. The van der Waals surface area contributed by atoms with Crippen LogP contribution in [0.3, 0.4) is 0 Å². The Hall–Kier alpha value is -2.20. The molecule has 0 spiro atoms. The molecule has 10 nitrogen and oxygen atoms in total. The zero-order valence-electron chi connectivity index (χ0n) is 14.0. The summed E-state index contributed by atoms with van der Waals surface area (Å²) in [5, 5.41) is 4.99. The average Bonchev–Trinajstić information content (AvgIpc) is 2.54. The van der Waals surface area contributed by atoms with Crippen molar-refractivity contribution >= 4 is 23.8 Å². The van der Waals surface area contributed by atoms with Crippen LogP contribution < -0.4 is 22.1 Å². The summed E-state index contributed by atoms with van der Waals surface area (Å²) in [5.41, 5.74) is 10.6. The molecule has 0 rings (SSSR count). The van der Waals surface area contributed by atoms with Crippen molar-refractivity contribution in [3.05, 3.63) is 0 Å². The maximum atomic E-state index is 11.6. The van der Waals surface area contributed by atoms with E-state index in [0.717, 1.165) is 0 Å². The first-order valence-electron chi connectivity index (χ1n) is 7.70. The first-order valence-corrected chi connectivity index (χ1v) is 7.70. The molecule has 0 radical (unpaired) electrons. The number of carbonyl (C=O) groups is 4. The van der Waals surface area contributed by atoms with Crippen molar-refractivity contribution < 1.29 is 28.7 Å². The average molecular weight is 346 g/mol. The molecular weight excluding hydrogens is 320 g/mol. The van der Waals surface area contributed by atoms with Gasteiger partial charge >= 0.3 is 11.9 Å². The Labute approximate surface area is 140 Å². The van der Waals surface area contributed by atoms with Crippen LogP contribution in [-0.4, -0.2) is 62.1 Å². The molecule has 2 unspecified atom stereocenters. The standard InChI is InChI=1S/C14H26N4O6/c1-9(11(19)17-7-3-5-15)23-13(21)14(22)24-10(2)12(20)18-8-4-6-16/h9-10H,3-8,15-16H2,1-2H3,(H,17,19)(H,18,20). The van der Waals surface area contributed by atoms with Gasteiger partial charge in [-0.25, -0.2) is 9.59 Å². The summed E-state index contributed by atoms with van der Waals surface area (Å²) in [6.07, 6.45) is -1.19. The number of hydrogen-bond donors (Lipinski definition) is 4. The quantitative estimate of drug-likeness (QED) is 0.196. The predicted octanol–water partition coefficient (Wildman–Crippen LogP) is -2.22. The molecule has 0 aromatic rings. The van der Waals surface area contributed by atoms with Crippen LogP contribution in [0.2, 0.25) is 0 Å². The van der Waals surface area contributed by atoms with Gasteiger partial charge in [0.15, 0.2) is 12.2 Å². The highest BCUT2D eigenvalue weighted by molar-refractivity contribution is 6.30. The van der Waals surface area contributed by atoms with E-state index in [-0.39, 0.29) is 0 Å². The smallest absolute Gasteiger partial charge is 0.418 e. The van der Waals surface area contributed by atoms with E-state index < -0.39 is 36.0 Å². The summed E-state index contributed by atoms with van der Waals surface area (Å²) in [5.74, 6) is -3.81. The minimum Gasteiger partial charge on any atom is -0.444 e. The summed E-state index contributed by atoms with van der Waals surface area (Å²) in [6.45, 7) is 4.11. The molecule has 0 aliphatic heterocycles. The van der Waals surface area contributed by atoms with E-state index in [9.17, 15) is 19.2 Å². The van der Waals surface area contributed by atoms with Gasteiger partial charge in [0.2, 0.25) is 0 Å². The molecule has 24 heavy (non-hydrogen) atoms. The van der Waals surface area contributed by atoms with Gasteiger partial charge in [-0.1, -0.05) is 0 Å². The number of esters is 2. The maximum Gasteiger partial charge on any atom is 0.418 e. The van der Waals surface area contributed by atoms with Crippen molar-refractivity contribution in [2.75, 3.05) is 26.2 Å². The van der Waals surface area contributed by atoms with Crippen LogP contribution in [0.15, 0.2) is 0 Å². The zero-order chi connectivity index (χ0) is 18.5. The lowest BCUT2D eigenvalue weighted by Gasteiger charge is -2.15. The lowest BCUT2D eigenvalue weighted by Crippen LogP contribution is -2.41. The highest BCUT2D eigenvalue weighted by Gasteiger charge is 2.27. The minimum atomic E-state index is -1.35. The van der Waals surface area contributed by atoms with E-state index in [2.05, 4.69) is 20.1 Å². The Bertz CT molecular complexity index is 403. The Balaban J connectivity index is 4.23. The van der Waals surface area contributed by atoms with Gasteiger partial charge < -0.3 is 31.6 Å². The molecule has 10 heteroatoms. The molecule has 0 aromatic heterocycles. The molecule has 138 valence electrons. The van der Waals surface area contributed by atoms with Gasteiger partial charge in [0.25, 0.3) is 11.8 Å². The van der Waals surface area contributed by atoms with Gasteiger partial charge in [-0.2, -0.15) is 0 Å². The van der Waals surface area contributed by atoms with Gasteiger partial charge in [0.05, 0.1) is 0 Å². The monoisotopic (exact) mass is 346 g/mol. The largest absolute Gasteiger partial charge is 0.444 e. The van der Waals surface area contributed by atoms with Gasteiger partial charge in [-0.15, -0.1) is 0 Å². The van der Waals surface area contributed by atoms with Crippen molar-refractivity contribution in [2.24, 2.45) is 11.5 Å². The third kappa shape index (κ3) is 9.06. The molecular formula is C14H26N4O6. The number of amides is 2. The minimum absolute atomic E-state index is 0.335. The van der Waals surface area contributed by atoms with Crippen molar-refractivity contribution in [3.63, 3.8) is 0 Å². The van der Waals surface area contributed by atoms with Gasteiger partial charge in [0, 0.05) is 13.1 Å². The van der Waals surface area contributed by atoms with E-state index in [1.165, 1.54) is 13.8 Å². The zero-order valence-corrected chi connectivity index (χ0v) is 14.0. The summed E-state index contributed by atoms with van der Waals surface area (Å²) >= 11 is 0. The number of ether oxygens (including phenoxy) is 2. The highest BCUT2D eigenvalue weighted by atomic mass is 16.6. The van der Waals surface area contributed by atoms with Crippen LogP contribution in [0.4, 0.5) is 0 Å². The highest BCUT2D eigenvalue weighted by Crippen LogP contribution is 1.98. The van der Waals surface area contributed by atoms with E-state index in [1.807, 2.05) is 0 Å². The Kier molecular flexibility index (Phi) is 11.1. The van der Waals surface area contributed by atoms with Crippen LogP contribution in [0.5, 0.6) is 0 Å². The van der Waals surface area contributed by atoms with Gasteiger partial charge in [-0.05, 0) is 39.8 Å². The molecule has 2 atom stereocenters. The molecule has 0 aliphatic rings. The summed E-state index contributed by atoms with van der Waals surface area (Å²) in [7, 11) is 0. The van der Waals surface area contributed by atoms with Crippen molar-refractivity contribution in [3.8, 4) is 0 Å². The molecule has 6 N–H and O–H groups in total. The van der Waals surface area contributed by atoms with E-state index in [1.54, 1.807) is 0 Å². The lowest BCUT2D eigenvalue weighted by molar-refractivity contribution is -0.175. The van der Waals surface area contributed by atoms with E-state index in [4.69, 9.17) is 11.5 Å². The molecule has 0 saturated carbocycles. The fourth-order valence-corrected chi connectivity index (χ4v) is 1.44. The Morgan fingerprint density at radius 2 is 1.12 bits per heavy atom. The number of nitrogens with two attached hydrogens (primary N) is 2. The summed E-state index contributed by atoms with van der Waals surface area (Å²) < 4.78 is 9.36. The molecule has 0 aliphatic carbocycles. The molecule has 0 heterocycles. The first-order chi connectivity index (χ1) is 11.3. The molecule has 0 fully saturated rings. The molecule has 0 aromatic carbocycles. The topological polar surface area (TPSA) is 163 Å². The SMILES string of the molecule is CC(OC(=O)C(=O)OC(C)C(=O)NCCCN)C(=O)NCCCN. The second-order valence-corrected chi connectivity index (χ2v) is 4.96. The summed E-state index contributed by atoms with van der Waals surface area (Å²) in [4.78, 5) is 46.3. The number of rotatable bonds is 10. The van der Waals surface area contributed by atoms with Crippen molar-refractivity contribution in [1.82, 2.24) is 10.6 Å². The van der Waals surface area contributed by atoms with Crippen molar-refractivity contribution in [2.45, 2.75) is 38.9 Å². The van der Waals surface area contributed by atoms with Crippen LogP contribution >= 0.6 is 0 Å². The van der Waals surface area contributed by atoms with Crippen molar-refractivity contribution in [1.29, 1.82) is 0 Å². The normalized spacial score (nSPS) is 12.7. The van der Waals surface area contributed by atoms with Crippen LogP contribution in [0.1, 0.15) is 26.7 Å². The summed E-state index contributed by atoms with van der Waals surface area (Å²) in [6, 6.07) is 0.